The van der Waals surface area contributed by atoms with Crippen LogP contribution in [0.1, 0.15) is 52.5 Å². The van der Waals surface area contributed by atoms with Gasteiger partial charge in [-0.3, -0.25) is 4.79 Å². The molecule has 6 nitrogen and oxygen atoms in total. The smallest absolute Gasteiger partial charge is 0.341 e. The Kier molecular flexibility index (Phi) is 7.01. The first-order valence-corrected chi connectivity index (χ1v) is 12.5. The maximum Gasteiger partial charge on any atom is 0.341 e. The van der Waals surface area contributed by atoms with E-state index in [0.717, 1.165) is 34.9 Å². The van der Waals surface area contributed by atoms with Crippen LogP contribution < -0.4 is 5.32 Å². The normalized spacial score (nSPS) is 16.3. The molecule has 1 aromatic carbocycles. The van der Waals surface area contributed by atoms with Crippen LogP contribution in [0.25, 0.3) is 0 Å². The van der Waals surface area contributed by atoms with Crippen molar-refractivity contribution in [3.05, 3.63) is 64.3 Å². The van der Waals surface area contributed by atoms with Crippen LogP contribution in [0.4, 0.5) is 5.00 Å². The highest BCUT2D eigenvalue weighted by Gasteiger charge is 2.31. The largest absolute Gasteiger partial charge is 0.462 e. The molecule has 0 fully saturated rings. The van der Waals surface area contributed by atoms with Gasteiger partial charge in [-0.25, -0.2) is 9.78 Å². The zero-order chi connectivity index (χ0) is 22.7. The van der Waals surface area contributed by atoms with Crippen molar-refractivity contribution in [3.63, 3.8) is 0 Å². The molecule has 1 N–H and O–H groups in total. The van der Waals surface area contributed by atoms with Gasteiger partial charge in [0.2, 0.25) is 5.91 Å². The maximum atomic E-state index is 13.0. The number of carbonyl (C=O) groups is 2. The van der Waals surface area contributed by atoms with E-state index in [1.165, 1.54) is 28.7 Å². The number of benzene rings is 1. The number of aryl methyl sites for hydroxylation is 1. The number of hydrogen-bond donors (Lipinski definition) is 1. The molecule has 0 saturated heterocycles. The lowest BCUT2D eigenvalue weighted by Gasteiger charge is -2.23. The SMILES string of the molecule is CCOC(=O)c1c(NC(=O)C(C)Sc2nccn2C)sc2c1CCC(c1ccccc1)C2. The van der Waals surface area contributed by atoms with Crippen molar-refractivity contribution in [3.8, 4) is 0 Å². The number of esters is 1. The van der Waals surface area contributed by atoms with Gasteiger partial charge in [0.15, 0.2) is 5.16 Å². The standard InChI is InChI=1S/C24H27N3O3S2/c1-4-30-23(29)20-18-11-10-17(16-8-6-5-7-9-16)14-19(18)32-22(20)26-21(28)15(2)31-24-25-12-13-27(24)3/h5-9,12-13,15,17H,4,10-11,14H2,1-3H3,(H,26,28). The molecule has 168 valence electrons. The quantitative estimate of drug-likeness (QED) is 0.387. The summed E-state index contributed by atoms with van der Waals surface area (Å²) in [7, 11) is 1.90. The van der Waals surface area contributed by atoms with E-state index >= 15 is 0 Å². The van der Waals surface area contributed by atoms with Crippen LogP contribution >= 0.6 is 23.1 Å². The monoisotopic (exact) mass is 469 g/mol. The van der Waals surface area contributed by atoms with Gasteiger partial charge in [0.05, 0.1) is 17.4 Å². The summed E-state index contributed by atoms with van der Waals surface area (Å²) in [5.74, 6) is -0.0940. The molecule has 0 saturated carbocycles. The first-order valence-electron chi connectivity index (χ1n) is 10.8. The minimum absolute atomic E-state index is 0.151. The van der Waals surface area contributed by atoms with Crippen LogP contribution in [0, 0.1) is 0 Å². The van der Waals surface area contributed by atoms with Crippen molar-refractivity contribution >= 4 is 40.0 Å². The second-order valence-corrected chi connectivity index (χ2v) is 10.3. The Labute approximate surface area is 196 Å². The highest BCUT2D eigenvalue weighted by Crippen LogP contribution is 2.43. The Balaban J connectivity index is 1.57. The number of anilines is 1. The number of nitrogens with one attached hydrogen (secondary N) is 1. The molecule has 0 radical (unpaired) electrons. The van der Waals surface area contributed by atoms with Crippen molar-refractivity contribution in [2.75, 3.05) is 11.9 Å². The number of thioether (sulfide) groups is 1. The van der Waals surface area contributed by atoms with Crippen LogP contribution in [0.5, 0.6) is 0 Å². The third-order valence-electron chi connectivity index (χ3n) is 5.68. The summed E-state index contributed by atoms with van der Waals surface area (Å²) in [4.78, 5) is 31.2. The summed E-state index contributed by atoms with van der Waals surface area (Å²) in [5.41, 5.74) is 2.87. The fraction of sp³-hybridized carbons (Fsp3) is 0.375. The molecule has 4 rings (SSSR count). The number of ether oxygens (including phenoxy) is 1. The molecule has 2 heterocycles. The molecule has 0 spiro atoms. The fourth-order valence-electron chi connectivity index (χ4n) is 3.99. The van der Waals surface area contributed by atoms with Crippen LogP contribution in [-0.4, -0.2) is 33.3 Å². The van der Waals surface area contributed by atoms with Crippen LogP contribution in [-0.2, 0) is 29.4 Å². The number of thiophene rings is 1. The topological polar surface area (TPSA) is 73.2 Å². The van der Waals surface area contributed by atoms with E-state index < -0.39 is 0 Å². The van der Waals surface area contributed by atoms with Crippen LogP contribution in [0.2, 0.25) is 0 Å². The second-order valence-electron chi connectivity index (χ2n) is 7.85. The molecule has 2 aromatic heterocycles. The molecular formula is C24H27N3O3S2. The van der Waals surface area contributed by atoms with E-state index in [2.05, 4.69) is 34.6 Å². The molecule has 8 heteroatoms. The third-order valence-corrected chi connectivity index (χ3v) is 8.02. The van der Waals surface area contributed by atoms with Gasteiger partial charge in [0, 0.05) is 24.3 Å². The van der Waals surface area contributed by atoms with E-state index in [-0.39, 0.29) is 17.1 Å². The van der Waals surface area contributed by atoms with Gasteiger partial charge < -0.3 is 14.6 Å². The Morgan fingerprint density at radius 2 is 2.12 bits per heavy atom. The lowest BCUT2D eigenvalue weighted by Crippen LogP contribution is -2.23. The van der Waals surface area contributed by atoms with E-state index in [4.69, 9.17) is 4.74 Å². The van der Waals surface area contributed by atoms with Gasteiger partial charge in [-0.2, -0.15) is 0 Å². The average molecular weight is 470 g/mol. The highest BCUT2D eigenvalue weighted by atomic mass is 32.2. The molecule has 0 aliphatic heterocycles. The molecular weight excluding hydrogens is 442 g/mol. The number of nitrogens with zero attached hydrogens (tertiary/aromatic N) is 2. The van der Waals surface area contributed by atoms with E-state index in [1.807, 2.05) is 30.8 Å². The van der Waals surface area contributed by atoms with Gasteiger partial charge in [0.25, 0.3) is 0 Å². The zero-order valence-electron chi connectivity index (χ0n) is 18.5. The molecule has 0 bridgehead atoms. The lowest BCUT2D eigenvalue weighted by atomic mass is 9.83. The zero-order valence-corrected chi connectivity index (χ0v) is 20.1. The number of hydrogen-bond acceptors (Lipinski definition) is 6. The van der Waals surface area contributed by atoms with Crippen molar-refractivity contribution in [1.29, 1.82) is 0 Å². The molecule has 32 heavy (non-hydrogen) atoms. The summed E-state index contributed by atoms with van der Waals surface area (Å²) in [6, 6.07) is 10.5. The Hall–Kier alpha value is -2.58. The average Bonchev–Trinajstić information content (AvgIpc) is 3.36. The summed E-state index contributed by atoms with van der Waals surface area (Å²) in [6.45, 7) is 3.94. The Bertz CT molecular complexity index is 1110. The van der Waals surface area contributed by atoms with E-state index in [9.17, 15) is 9.59 Å². The molecule has 2 atom stereocenters. The summed E-state index contributed by atoms with van der Waals surface area (Å²) in [5, 5.41) is 4.02. The van der Waals surface area contributed by atoms with Gasteiger partial charge in [0.1, 0.15) is 5.00 Å². The Morgan fingerprint density at radius 1 is 1.34 bits per heavy atom. The number of rotatable bonds is 7. The van der Waals surface area contributed by atoms with Crippen LogP contribution in [0.3, 0.4) is 0 Å². The molecule has 3 aromatic rings. The van der Waals surface area contributed by atoms with Gasteiger partial charge in [-0.05, 0) is 50.2 Å². The number of fused-ring (bicyclic) bond motifs is 1. The van der Waals surface area contributed by atoms with E-state index in [0.29, 0.717) is 23.1 Å². The van der Waals surface area contributed by atoms with Crippen LogP contribution in [0.15, 0.2) is 47.9 Å². The predicted octanol–water partition coefficient (Wildman–Crippen LogP) is 5.05. The number of carbonyl (C=O) groups excluding carboxylic acids is 2. The van der Waals surface area contributed by atoms with Crippen molar-refractivity contribution in [1.82, 2.24) is 9.55 Å². The number of imidazole rings is 1. The number of amides is 1. The minimum Gasteiger partial charge on any atom is -0.462 e. The minimum atomic E-state index is -0.359. The Morgan fingerprint density at radius 3 is 2.81 bits per heavy atom. The van der Waals surface area contributed by atoms with Gasteiger partial charge >= 0.3 is 5.97 Å². The van der Waals surface area contributed by atoms with Crippen molar-refractivity contribution in [2.45, 2.75) is 49.4 Å². The van der Waals surface area contributed by atoms with Crippen molar-refractivity contribution in [2.24, 2.45) is 7.05 Å². The maximum absolute atomic E-state index is 13.0. The lowest BCUT2D eigenvalue weighted by molar-refractivity contribution is -0.115. The summed E-state index contributed by atoms with van der Waals surface area (Å²) >= 11 is 2.90. The molecule has 1 amide bonds. The van der Waals surface area contributed by atoms with Crippen molar-refractivity contribution < 1.29 is 14.3 Å². The molecule has 2 unspecified atom stereocenters. The third kappa shape index (κ3) is 4.76. The fourth-order valence-corrected chi connectivity index (χ4v) is 6.14. The summed E-state index contributed by atoms with van der Waals surface area (Å²) < 4.78 is 7.23. The van der Waals surface area contributed by atoms with Gasteiger partial charge in [-0.1, -0.05) is 42.1 Å². The second kappa shape index (κ2) is 9.92. The molecule has 1 aliphatic rings. The summed E-state index contributed by atoms with van der Waals surface area (Å²) in [6.07, 6.45) is 6.19. The first kappa shape index (κ1) is 22.6. The van der Waals surface area contributed by atoms with Gasteiger partial charge in [-0.15, -0.1) is 11.3 Å². The number of aromatic nitrogens is 2. The molecule has 1 aliphatic carbocycles. The highest BCUT2D eigenvalue weighted by molar-refractivity contribution is 8.00. The first-order chi connectivity index (χ1) is 15.5. The van der Waals surface area contributed by atoms with E-state index in [1.54, 1.807) is 13.1 Å². The predicted molar refractivity (Wildman–Crippen MR) is 129 cm³/mol.